The Morgan fingerprint density at radius 2 is 1.50 bits per heavy atom. The lowest BCUT2D eigenvalue weighted by molar-refractivity contribution is 0.350. The van der Waals surface area contributed by atoms with Gasteiger partial charge in [0.25, 0.3) is 0 Å². The number of aliphatic hydroxyl groups excluding tert-OH is 1. The summed E-state index contributed by atoms with van der Waals surface area (Å²) < 4.78 is 5.64. The van der Waals surface area contributed by atoms with E-state index in [-0.39, 0.29) is 6.61 Å². The Morgan fingerprint density at radius 1 is 0.944 bits per heavy atom. The van der Waals surface area contributed by atoms with Crippen molar-refractivity contribution in [3.05, 3.63) is 54.1 Å². The van der Waals surface area contributed by atoms with Crippen LogP contribution in [0.5, 0.6) is 11.5 Å². The average Bonchev–Trinajstić information content (AvgIpc) is 2.41. The van der Waals surface area contributed by atoms with Crippen molar-refractivity contribution in [2.24, 2.45) is 0 Å². The molecule has 0 aliphatic carbocycles. The fraction of sp³-hybridized carbons (Fsp3) is 0.0667. The van der Waals surface area contributed by atoms with E-state index >= 15 is 0 Å². The highest BCUT2D eigenvalue weighted by molar-refractivity contribution is 5.44. The minimum Gasteiger partial charge on any atom is -0.457 e. The van der Waals surface area contributed by atoms with Crippen LogP contribution in [0.25, 0.3) is 0 Å². The van der Waals surface area contributed by atoms with Crippen molar-refractivity contribution in [1.82, 2.24) is 0 Å². The van der Waals surface area contributed by atoms with Crippen molar-refractivity contribution >= 4 is 5.69 Å². The first-order valence-electron chi connectivity index (χ1n) is 5.51. The lowest BCUT2D eigenvalue weighted by Crippen LogP contribution is -1.86. The molecule has 0 aliphatic rings. The van der Waals surface area contributed by atoms with Gasteiger partial charge in [0.1, 0.15) is 18.1 Å². The Morgan fingerprint density at radius 3 is 2.06 bits per heavy atom. The molecule has 18 heavy (non-hydrogen) atoms. The van der Waals surface area contributed by atoms with E-state index in [1.807, 2.05) is 36.4 Å². The lowest BCUT2D eigenvalue weighted by Gasteiger charge is -2.05. The molecule has 0 radical (unpaired) electrons. The molecule has 0 fully saturated rings. The van der Waals surface area contributed by atoms with Gasteiger partial charge in [-0.3, -0.25) is 0 Å². The second-order valence-electron chi connectivity index (χ2n) is 3.66. The maximum absolute atomic E-state index is 8.59. The number of nitrogens with two attached hydrogens (primary N) is 1. The van der Waals surface area contributed by atoms with Crippen LogP contribution < -0.4 is 10.5 Å². The number of nitrogen functional groups attached to an aromatic ring is 1. The predicted octanol–water partition coefficient (Wildman–Crippen LogP) is 2.40. The summed E-state index contributed by atoms with van der Waals surface area (Å²) in [5.74, 6) is 6.88. The van der Waals surface area contributed by atoms with E-state index < -0.39 is 0 Å². The summed E-state index contributed by atoms with van der Waals surface area (Å²) in [6.45, 7) is -0.135. The second kappa shape index (κ2) is 5.76. The van der Waals surface area contributed by atoms with Crippen molar-refractivity contribution in [3.63, 3.8) is 0 Å². The Balaban J connectivity index is 2.08. The number of hydrogen-bond donors (Lipinski definition) is 2. The van der Waals surface area contributed by atoms with Gasteiger partial charge < -0.3 is 15.6 Å². The van der Waals surface area contributed by atoms with E-state index in [0.717, 1.165) is 17.1 Å². The van der Waals surface area contributed by atoms with E-state index in [1.165, 1.54) is 0 Å². The number of rotatable bonds is 2. The highest BCUT2D eigenvalue weighted by Crippen LogP contribution is 2.22. The molecule has 0 bridgehead atoms. The molecule has 0 saturated carbocycles. The van der Waals surface area contributed by atoms with Crippen LogP contribution in [-0.4, -0.2) is 11.7 Å². The van der Waals surface area contributed by atoms with Gasteiger partial charge in [0.15, 0.2) is 0 Å². The van der Waals surface area contributed by atoms with Gasteiger partial charge in [-0.05, 0) is 48.5 Å². The van der Waals surface area contributed by atoms with Crippen LogP contribution in [0.2, 0.25) is 0 Å². The molecule has 2 aromatic carbocycles. The summed E-state index contributed by atoms with van der Waals surface area (Å²) in [6.07, 6.45) is 0. The Bertz CT molecular complexity index is 562. The number of hydrogen-bond acceptors (Lipinski definition) is 3. The van der Waals surface area contributed by atoms with Gasteiger partial charge in [-0.25, -0.2) is 0 Å². The fourth-order valence-corrected chi connectivity index (χ4v) is 1.42. The largest absolute Gasteiger partial charge is 0.457 e. The highest BCUT2D eigenvalue weighted by Gasteiger charge is 1.96. The minimum absolute atomic E-state index is 0.135. The Hall–Kier alpha value is -2.44. The molecule has 2 aromatic rings. The molecule has 0 aromatic heterocycles. The molecule has 3 N–H and O–H groups in total. The summed E-state index contributed by atoms with van der Waals surface area (Å²) in [6, 6.07) is 14.6. The zero-order valence-electron chi connectivity index (χ0n) is 9.76. The van der Waals surface area contributed by atoms with E-state index in [0.29, 0.717) is 5.69 Å². The first kappa shape index (κ1) is 12.0. The topological polar surface area (TPSA) is 55.5 Å². The zero-order chi connectivity index (χ0) is 12.8. The van der Waals surface area contributed by atoms with E-state index in [1.54, 1.807) is 12.1 Å². The summed E-state index contributed by atoms with van der Waals surface area (Å²) in [7, 11) is 0. The second-order valence-corrected chi connectivity index (χ2v) is 3.66. The minimum atomic E-state index is -0.135. The molecule has 0 amide bonds. The van der Waals surface area contributed by atoms with Gasteiger partial charge in [-0.2, -0.15) is 0 Å². The summed E-state index contributed by atoms with van der Waals surface area (Å²) in [4.78, 5) is 0. The van der Waals surface area contributed by atoms with Crippen LogP contribution in [-0.2, 0) is 0 Å². The third-order valence-electron chi connectivity index (χ3n) is 2.28. The highest BCUT2D eigenvalue weighted by atomic mass is 16.5. The smallest absolute Gasteiger partial charge is 0.127 e. The molecule has 3 nitrogen and oxygen atoms in total. The van der Waals surface area contributed by atoms with Crippen LogP contribution >= 0.6 is 0 Å². The van der Waals surface area contributed by atoms with Crippen LogP contribution in [0.3, 0.4) is 0 Å². The Labute approximate surface area is 106 Å². The molecule has 0 spiro atoms. The maximum Gasteiger partial charge on any atom is 0.127 e. The van der Waals surface area contributed by atoms with E-state index in [9.17, 15) is 0 Å². The van der Waals surface area contributed by atoms with E-state index in [4.69, 9.17) is 15.6 Å². The molecule has 2 rings (SSSR count). The van der Waals surface area contributed by atoms with Crippen molar-refractivity contribution in [1.29, 1.82) is 0 Å². The van der Waals surface area contributed by atoms with Crippen molar-refractivity contribution in [3.8, 4) is 23.3 Å². The first-order chi connectivity index (χ1) is 8.78. The number of benzene rings is 2. The third-order valence-corrected chi connectivity index (χ3v) is 2.28. The fourth-order valence-electron chi connectivity index (χ4n) is 1.42. The lowest BCUT2D eigenvalue weighted by atomic mass is 10.2. The molecule has 0 atom stereocenters. The normalized spacial score (nSPS) is 9.39. The predicted molar refractivity (Wildman–Crippen MR) is 71.3 cm³/mol. The summed E-state index contributed by atoms with van der Waals surface area (Å²) >= 11 is 0. The van der Waals surface area contributed by atoms with E-state index in [2.05, 4.69) is 11.8 Å². The molecular weight excluding hydrogens is 226 g/mol. The van der Waals surface area contributed by atoms with Crippen LogP contribution in [0, 0.1) is 11.8 Å². The first-order valence-corrected chi connectivity index (χ1v) is 5.51. The Kier molecular flexibility index (Phi) is 3.85. The molecule has 0 heterocycles. The molecule has 0 saturated heterocycles. The van der Waals surface area contributed by atoms with Gasteiger partial charge in [0.05, 0.1) is 0 Å². The van der Waals surface area contributed by atoms with Crippen molar-refractivity contribution in [2.45, 2.75) is 0 Å². The monoisotopic (exact) mass is 239 g/mol. The number of ether oxygens (including phenoxy) is 1. The van der Waals surface area contributed by atoms with Crippen LogP contribution in [0.4, 0.5) is 5.69 Å². The number of anilines is 1. The average molecular weight is 239 g/mol. The number of aliphatic hydroxyl groups is 1. The molecule has 90 valence electrons. The van der Waals surface area contributed by atoms with Gasteiger partial charge in [0, 0.05) is 11.3 Å². The van der Waals surface area contributed by atoms with Crippen LogP contribution in [0.1, 0.15) is 5.56 Å². The molecule has 0 aliphatic heterocycles. The third kappa shape index (κ3) is 3.27. The maximum atomic E-state index is 8.59. The molecule has 3 heteroatoms. The van der Waals surface area contributed by atoms with Gasteiger partial charge in [-0.15, -0.1) is 0 Å². The van der Waals surface area contributed by atoms with Crippen LogP contribution in [0.15, 0.2) is 48.5 Å². The quantitative estimate of drug-likeness (QED) is 0.625. The van der Waals surface area contributed by atoms with Gasteiger partial charge in [-0.1, -0.05) is 11.8 Å². The standard InChI is InChI=1S/C15H13NO2/c16-13-5-9-15(10-6-13)18-14-7-3-12(4-8-14)2-1-11-17/h3-10,17H,11,16H2. The molecule has 0 unspecified atom stereocenters. The van der Waals surface area contributed by atoms with Crippen molar-refractivity contribution < 1.29 is 9.84 Å². The SMILES string of the molecule is Nc1ccc(Oc2ccc(C#CCO)cc2)cc1. The molecular formula is C15H13NO2. The van der Waals surface area contributed by atoms with Gasteiger partial charge >= 0.3 is 0 Å². The summed E-state index contributed by atoms with van der Waals surface area (Å²) in [5.41, 5.74) is 7.14. The summed E-state index contributed by atoms with van der Waals surface area (Å²) in [5, 5.41) is 8.59. The van der Waals surface area contributed by atoms with Crippen molar-refractivity contribution in [2.75, 3.05) is 12.3 Å². The van der Waals surface area contributed by atoms with Gasteiger partial charge in [0.2, 0.25) is 0 Å². The zero-order valence-corrected chi connectivity index (χ0v) is 9.76.